The van der Waals surface area contributed by atoms with E-state index in [4.69, 9.17) is 14.2 Å². The maximum atomic E-state index is 12.8. The minimum atomic E-state index is -0.795. The summed E-state index contributed by atoms with van der Waals surface area (Å²) >= 11 is 0. The van der Waals surface area contributed by atoms with E-state index in [0.717, 1.165) is 161 Å². The van der Waals surface area contributed by atoms with E-state index in [1.807, 2.05) is 0 Å². The van der Waals surface area contributed by atoms with Gasteiger partial charge in [-0.25, -0.2) is 0 Å². The second-order valence-corrected chi connectivity index (χ2v) is 19.9. The molecule has 75 heavy (non-hydrogen) atoms. The van der Waals surface area contributed by atoms with Crippen molar-refractivity contribution in [1.82, 2.24) is 0 Å². The summed E-state index contributed by atoms with van der Waals surface area (Å²) in [6, 6.07) is 0. The lowest BCUT2D eigenvalue weighted by molar-refractivity contribution is -0.167. The Morgan fingerprint density at radius 3 is 0.880 bits per heavy atom. The molecule has 0 rings (SSSR count). The summed E-state index contributed by atoms with van der Waals surface area (Å²) in [7, 11) is 0. The van der Waals surface area contributed by atoms with Crippen LogP contribution < -0.4 is 0 Å². The van der Waals surface area contributed by atoms with Crippen molar-refractivity contribution in [2.24, 2.45) is 0 Å². The number of esters is 3. The van der Waals surface area contributed by atoms with Crippen LogP contribution in [-0.4, -0.2) is 37.2 Å². The molecular weight excluding hydrogens is 925 g/mol. The van der Waals surface area contributed by atoms with Gasteiger partial charge in [-0.15, -0.1) is 0 Å². The predicted octanol–water partition coefficient (Wildman–Crippen LogP) is 21.0. The van der Waals surface area contributed by atoms with Gasteiger partial charge >= 0.3 is 17.9 Å². The third kappa shape index (κ3) is 60.3. The molecule has 6 heteroatoms. The molecule has 0 saturated carbocycles. The van der Waals surface area contributed by atoms with Crippen LogP contribution in [-0.2, 0) is 28.6 Å². The summed E-state index contributed by atoms with van der Waals surface area (Å²) in [5.74, 6) is -0.929. The fraction of sp³-hybridized carbons (Fsp3) is 0.638. The number of carbonyl (C=O) groups excluding carboxylic acids is 3. The van der Waals surface area contributed by atoms with E-state index >= 15 is 0 Å². The highest BCUT2D eigenvalue weighted by Gasteiger charge is 2.19. The minimum absolute atomic E-state index is 0.0933. The smallest absolute Gasteiger partial charge is 0.306 e. The molecule has 0 saturated heterocycles. The Morgan fingerprint density at radius 2 is 0.547 bits per heavy atom. The van der Waals surface area contributed by atoms with E-state index in [2.05, 4.69) is 154 Å². The fourth-order valence-electron chi connectivity index (χ4n) is 8.01. The third-order valence-corrected chi connectivity index (χ3v) is 12.6. The first kappa shape index (κ1) is 70.5. The number of allylic oxidation sites excluding steroid dienone is 22. The molecule has 0 aromatic rings. The largest absolute Gasteiger partial charge is 0.462 e. The second kappa shape index (κ2) is 62.1. The lowest BCUT2D eigenvalue weighted by atomic mass is 10.1. The molecule has 0 fully saturated rings. The monoisotopic (exact) mass is 1040 g/mol. The van der Waals surface area contributed by atoms with Crippen LogP contribution in [0.1, 0.15) is 265 Å². The molecule has 6 nitrogen and oxygen atoms in total. The van der Waals surface area contributed by atoms with Crippen molar-refractivity contribution < 1.29 is 28.6 Å². The molecule has 0 N–H and O–H groups in total. The molecule has 0 aliphatic carbocycles. The van der Waals surface area contributed by atoms with Gasteiger partial charge < -0.3 is 14.2 Å². The van der Waals surface area contributed by atoms with E-state index in [1.165, 1.54) is 64.2 Å². The molecular formula is C69H112O6. The number of rotatable bonds is 54. The van der Waals surface area contributed by atoms with Crippen LogP contribution in [0.2, 0.25) is 0 Å². The van der Waals surface area contributed by atoms with Gasteiger partial charge in [-0.2, -0.15) is 0 Å². The van der Waals surface area contributed by atoms with Crippen LogP contribution in [0.4, 0.5) is 0 Å². The highest BCUT2D eigenvalue weighted by Crippen LogP contribution is 2.14. The van der Waals surface area contributed by atoms with Gasteiger partial charge in [0.1, 0.15) is 13.2 Å². The van der Waals surface area contributed by atoms with Crippen LogP contribution in [0.25, 0.3) is 0 Å². The lowest BCUT2D eigenvalue weighted by Gasteiger charge is -2.18. The summed E-state index contributed by atoms with van der Waals surface area (Å²) < 4.78 is 16.8. The van der Waals surface area contributed by atoms with Gasteiger partial charge in [0.15, 0.2) is 6.10 Å². The summed E-state index contributed by atoms with van der Waals surface area (Å²) in [4.78, 5) is 38.1. The zero-order valence-corrected chi connectivity index (χ0v) is 48.5. The number of unbranched alkanes of at least 4 members (excludes halogenated alkanes) is 21. The molecule has 0 aromatic carbocycles. The molecule has 0 aliphatic rings. The lowest BCUT2D eigenvalue weighted by Crippen LogP contribution is -2.30. The second-order valence-electron chi connectivity index (χ2n) is 19.9. The average Bonchev–Trinajstić information content (AvgIpc) is 3.41. The van der Waals surface area contributed by atoms with E-state index < -0.39 is 6.10 Å². The quantitative estimate of drug-likeness (QED) is 0.0261. The summed E-state index contributed by atoms with van der Waals surface area (Å²) in [6.45, 7) is 6.39. The zero-order valence-electron chi connectivity index (χ0n) is 48.5. The Hall–Kier alpha value is -4.45. The molecule has 0 heterocycles. The average molecular weight is 1040 g/mol. The Bertz CT molecular complexity index is 1620. The first-order chi connectivity index (χ1) is 37.0. The number of hydrogen-bond donors (Lipinski definition) is 0. The Kier molecular flexibility index (Phi) is 58.4. The van der Waals surface area contributed by atoms with Gasteiger partial charge in [-0.1, -0.05) is 251 Å². The van der Waals surface area contributed by atoms with E-state index in [9.17, 15) is 14.4 Å². The first-order valence-corrected chi connectivity index (χ1v) is 30.7. The van der Waals surface area contributed by atoms with Gasteiger partial charge in [0.05, 0.1) is 0 Å². The normalized spacial score (nSPS) is 13.1. The topological polar surface area (TPSA) is 78.9 Å². The molecule has 0 amide bonds. The molecule has 1 atom stereocenters. The Balaban J connectivity index is 4.22. The highest BCUT2D eigenvalue weighted by atomic mass is 16.6. The zero-order chi connectivity index (χ0) is 54.3. The first-order valence-electron chi connectivity index (χ1n) is 30.7. The van der Waals surface area contributed by atoms with Crippen molar-refractivity contribution >= 4 is 17.9 Å². The highest BCUT2D eigenvalue weighted by molar-refractivity contribution is 5.71. The number of hydrogen-bond acceptors (Lipinski definition) is 6. The van der Waals surface area contributed by atoms with Crippen molar-refractivity contribution in [1.29, 1.82) is 0 Å². The van der Waals surface area contributed by atoms with E-state index in [0.29, 0.717) is 19.3 Å². The molecule has 0 radical (unpaired) electrons. The Labute approximate surface area is 462 Å². The number of ether oxygens (including phenoxy) is 3. The van der Waals surface area contributed by atoms with Crippen LogP contribution in [0, 0.1) is 0 Å². The van der Waals surface area contributed by atoms with Crippen molar-refractivity contribution in [3.8, 4) is 0 Å². The van der Waals surface area contributed by atoms with Gasteiger partial charge in [-0.3, -0.25) is 14.4 Å². The van der Waals surface area contributed by atoms with E-state index in [1.54, 1.807) is 0 Å². The Morgan fingerprint density at radius 1 is 0.280 bits per heavy atom. The third-order valence-electron chi connectivity index (χ3n) is 12.6. The van der Waals surface area contributed by atoms with Gasteiger partial charge in [0.25, 0.3) is 0 Å². The summed E-state index contributed by atoms with van der Waals surface area (Å²) in [5.41, 5.74) is 0. The molecule has 0 spiro atoms. The molecule has 1 unspecified atom stereocenters. The molecule has 0 aromatic heterocycles. The minimum Gasteiger partial charge on any atom is -0.462 e. The maximum absolute atomic E-state index is 12.8. The van der Waals surface area contributed by atoms with Crippen LogP contribution in [0.3, 0.4) is 0 Å². The van der Waals surface area contributed by atoms with Crippen molar-refractivity contribution in [2.45, 2.75) is 271 Å². The predicted molar refractivity (Wildman–Crippen MR) is 325 cm³/mol. The van der Waals surface area contributed by atoms with Gasteiger partial charge in [0.2, 0.25) is 0 Å². The van der Waals surface area contributed by atoms with Crippen molar-refractivity contribution in [2.75, 3.05) is 13.2 Å². The van der Waals surface area contributed by atoms with Crippen LogP contribution in [0.5, 0.6) is 0 Å². The molecule has 0 aliphatic heterocycles. The van der Waals surface area contributed by atoms with Gasteiger partial charge in [-0.05, 0) is 128 Å². The standard InChI is InChI=1S/C69H112O6/c1-4-7-10-13-16-19-22-24-26-27-28-29-30-31-32-33-34-35-36-37-38-39-40-41-42-43-44-46-47-50-53-56-59-62-68(71)74-65-66(64-73-67(70)61-58-55-52-49-21-18-15-12-9-6-3)75-69(72)63-60-57-54-51-48-45-25-23-20-17-14-11-8-5-2/h7,10,12,14-17,19,23-26,28-29,31-32,34-35,37-38,40-41,66H,4-6,8-9,11,13,18,20-22,27,30,33,36,39,42-65H2,1-3H3/b10-7-,15-12-,17-14-,19-16-,25-23-,26-24-,29-28-,32-31-,35-34-,38-37-,41-40-. The SMILES string of the molecule is CC/C=C\C/C=C\C/C=C\C/C=C\C/C=C\C/C=C\C/C=C\C/C=C\CCCCCCCCCCC(=O)OCC(COC(=O)CCCCCCC/C=C\CCC)OC(=O)CCCCCCC/C=C\C/C=C\CCCC. The maximum Gasteiger partial charge on any atom is 0.306 e. The van der Waals surface area contributed by atoms with Gasteiger partial charge in [0, 0.05) is 19.3 Å². The summed E-state index contributed by atoms with van der Waals surface area (Å²) in [5, 5.41) is 0. The van der Waals surface area contributed by atoms with Crippen LogP contribution >= 0.6 is 0 Å². The van der Waals surface area contributed by atoms with Crippen LogP contribution in [0.15, 0.2) is 134 Å². The van der Waals surface area contributed by atoms with Crippen molar-refractivity contribution in [3.63, 3.8) is 0 Å². The molecule has 0 bridgehead atoms. The number of carbonyl (C=O) groups is 3. The summed E-state index contributed by atoms with van der Waals surface area (Å²) in [6.07, 6.45) is 87.5. The fourth-order valence-corrected chi connectivity index (χ4v) is 8.01. The molecule has 424 valence electrons. The van der Waals surface area contributed by atoms with E-state index in [-0.39, 0.29) is 31.1 Å². The van der Waals surface area contributed by atoms with Crippen molar-refractivity contribution in [3.05, 3.63) is 134 Å².